The van der Waals surface area contributed by atoms with Gasteiger partial charge in [-0.05, 0) is 25.3 Å². The van der Waals surface area contributed by atoms with Gasteiger partial charge in [0.05, 0.1) is 12.5 Å². The molecule has 1 saturated heterocycles. The van der Waals surface area contributed by atoms with Crippen LogP contribution in [0.3, 0.4) is 0 Å². The van der Waals surface area contributed by atoms with Crippen molar-refractivity contribution in [1.29, 1.82) is 0 Å². The van der Waals surface area contributed by atoms with Crippen LogP contribution in [0, 0.1) is 11.1 Å². The molecule has 0 radical (unpaired) electrons. The lowest BCUT2D eigenvalue weighted by Gasteiger charge is -2.32. The molecule has 0 aliphatic carbocycles. The van der Waals surface area contributed by atoms with Crippen LogP contribution in [0.1, 0.15) is 31.7 Å². The lowest BCUT2D eigenvalue weighted by Crippen LogP contribution is -2.42. The molecule has 0 bridgehead atoms. The average molecular weight is 344 g/mol. The Morgan fingerprint density at radius 3 is 2.84 bits per heavy atom. The monoisotopic (exact) mass is 344 g/mol. The van der Waals surface area contributed by atoms with Gasteiger partial charge in [-0.3, -0.25) is 4.90 Å². The van der Waals surface area contributed by atoms with E-state index in [1.54, 1.807) is 14.0 Å². The first kappa shape index (κ1) is 19.2. The van der Waals surface area contributed by atoms with Gasteiger partial charge >= 0.3 is 5.97 Å². The number of ether oxygens (including phenoxy) is 1. The number of hydrogen-bond acceptors (Lipinski definition) is 4. The van der Waals surface area contributed by atoms with E-state index in [0.717, 1.165) is 49.3 Å². The number of hydrogen-bond donors (Lipinski definition) is 0. The van der Waals surface area contributed by atoms with Crippen LogP contribution in [0.25, 0.3) is 0 Å². The number of likely N-dealkylation sites (tertiary alicyclic amines) is 1. The Bertz CT molecular complexity index is 607. The van der Waals surface area contributed by atoms with Crippen LogP contribution in [-0.2, 0) is 16.1 Å². The van der Waals surface area contributed by atoms with Gasteiger partial charge in [0.15, 0.2) is 5.71 Å². The minimum atomic E-state index is -0.304. The maximum absolute atomic E-state index is 11.9. The van der Waals surface area contributed by atoms with E-state index < -0.39 is 0 Å². The quantitative estimate of drug-likeness (QED) is 0.251. The minimum Gasteiger partial charge on any atom is -0.624 e. The van der Waals surface area contributed by atoms with Crippen molar-refractivity contribution in [2.75, 3.05) is 26.7 Å². The first-order chi connectivity index (χ1) is 12.1. The molecule has 136 valence electrons. The van der Waals surface area contributed by atoms with Crippen LogP contribution < -0.4 is 0 Å². The Balaban J connectivity index is 1.92. The van der Waals surface area contributed by atoms with Gasteiger partial charge in [-0.1, -0.05) is 36.4 Å². The van der Waals surface area contributed by atoms with Crippen molar-refractivity contribution >= 4 is 11.7 Å². The number of carbonyl (C=O) groups is 1. The molecular weight excluding hydrogens is 316 g/mol. The summed E-state index contributed by atoms with van der Waals surface area (Å²) in [6.07, 6.45) is 5.76. The third kappa shape index (κ3) is 6.35. The summed E-state index contributed by atoms with van der Waals surface area (Å²) in [5.74, 6) is -0.0752. The Labute approximate surface area is 150 Å². The van der Waals surface area contributed by atoms with Crippen LogP contribution in [0.2, 0.25) is 0 Å². The van der Waals surface area contributed by atoms with Crippen LogP contribution >= 0.6 is 0 Å². The zero-order valence-electron chi connectivity index (χ0n) is 15.2. The van der Waals surface area contributed by atoms with Crippen LogP contribution in [-0.4, -0.2) is 48.1 Å². The lowest BCUT2D eigenvalue weighted by atomic mass is 9.90. The van der Waals surface area contributed by atoms with E-state index in [2.05, 4.69) is 29.2 Å². The molecule has 0 N–H and O–H groups in total. The van der Waals surface area contributed by atoms with Gasteiger partial charge in [0, 0.05) is 32.1 Å². The molecule has 5 heteroatoms. The van der Waals surface area contributed by atoms with E-state index in [4.69, 9.17) is 4.74 Å². The summed E-state index contributed by atoms with van der Waals surface area (Å²) in [4.78, 5) is 13.7. The molecule has 0 amide bonds. The molecule has 1 fully saturated rings. The number of nitrogens with zero attached hydrogens (tertiary/aromatic N) is 2. The highest BCUT2D eigenvalue weighted by atomic mass is 16.5. The number of allylic oxidation sites excluding steroid dienone is 1. The van der Waals surface area contributed by atoms with Crippen molar-refractivity contribution in [3.05, 3.63) is 53.3 Å². The van der Waals surface area contributed by atoms with Crippen molar-refractivity contribution in [3.8, 4) is 0 Å². The molecule has 1 atom stereocenters. The van der Waals surface area contributed by atoms with Gasteiger partial charge in [-0.15, -0.1) is 0 Å². The standard InChI is InChI=1S/C20H28N2O3/c1-3-25-20(23)12-8-7-11-18-16-22(14-13-19(18)21(2)24)15-17-9-5-4-6-10-17/h4-6,8-10,12,18H,3,7,11,13-16H2,1-2H3/b12-8+,21-19+. The molecule has 1 aliphatic rings. The van der Waals surface area contributed by atoms with E-state index in [1.165, 1.54) is 11.6 Å². The zero-order chi connectivity index (χ0) is 18.1. The van der Waals surface area contributed by atoms with Gasteiger partial charge < -0.3 is 9.94 Å². The first-order valence-electron chi connectivity index (χ1n) is 8.96. The maximum atomic E-state index is 11.9. The summed E-state index contributed by atoms with van der Waals surface area (Å²) < 4.78 is 5.91. The number of carbonyl (C=O) groups excluding carboxylic acids is 1. The predicted molar refractivity (Wildman–Crippen MR) is 99.4 cm³/mol. The van der Waals surface area contributed by atoms with Crippen LogP contribution in [0.5, 0.6) is 0 Å². The molecule has 5 nitrogen and oxygen atoms in total. The second-order valence-electron chi connectivity index (χ2n) is 6.39. The number of benzene rings is 1. The summed E-state index contributed by atoms with van der Waals surface area (Å²) in [7, 11) is 1.59. The SMILES string of the molecule is CCOC(=O)/C=C/CCC1CN(Cc2ccccc2)CC/C1=[N+](/C)[O-]. The Hall–Kier alpha value is -2.14. The second-order valence-corrected chi connectivity index (χ2v) is 6.39. The molecule has 1 aromatic rings. The third-order valence-electron chi connectivity index (χ3n) is 4.51. The highest BCUT2D eigenvalue weighted by Gasteiger charge is 2.29. The Morgan fingerprint density at radius 1 is 1.40 bits per heavy atom. The highest BCUT2D eigenvalue weighted by Crippen LogP contribution is 2.21. The van der Waals surface area contributed by atoms with Crippen molar-refractivity contribution in [3.63, 3.8) is 0 Å². The Morgan fingerprint density at radius 2 is 2.16 bits per heavy atom. The van der Waals surface area contributed by atoms with Gasteiger partial charge in [-0.2, -0.15) is 0 Å². The molecule has 0 aromatic heterocycles. The van der Waals surface area contributed by atoms with Crippen LogP contribution in [0.15, 0.2) is 42.5 Å². The maximum Gasteiger partial charge on any atom is 0.330 e. The molecule has 1 aliphatic heterocycles. The highest BCUT2D eigenvalue weighted by molar-refractivity contribution is 5.83. The number of hydroxylamine groups is 1. The fourth-order valence-electron chi connectivity index (χ4n) is 3.31. The van der Waals surface area contributed by atoms with E-state index in [1.807, 2.05) is 12.1 Å². The van der Waals surface area contributed by atoms with Crippen molar-refractivity contribution < 1.29 is 14.3 Å². The normalized spacial score (nSPS) is 20.6. The number of rotatable bonds is 7. The molecular formula is C20H28N2O3. The molecule has 25 heavy (non-hydrogen) atoms. The largest absolute Gasteiger partial charge is 0.624 e. The van der Waals surface area contributed by atoms with E-state index in [-0.39, 0.29) is 11.9 Å². The molecule has 0 spiro atoms. The summed E-state index contributed by atoms with van der Waals surface area (Å²) in [6.45, 7) is 4.88. The summed E-state index contributed by atoms with van der Waals surface area (Å²) >= 11 is 0. The van der Waals surface area contributed by atoms with Gasteiger partial charge in [-0.25, -0.2) is 9.53 Å². The van der Waals surface area contributed by atoms with E-state index in [9.17, 15) is 10.0 Å². The summed E-state index contributed by atoms with van der Waals surface area (Å²) in [5.41, 5.74) is 2.26. The summed E-state index contributed by atoms with van der Waals surface area (Å²) in [5, 5.41) is 11.9. The molecule has 1 unspecified atom stereocenters. The molecule has 1 heterocycles. The second kappa shape index (κ2) is 9.99. The zero-order valence-corrected chi connectivity index (χ0v) is 15.2. The van der Waals surface area contributed by atoms with Crippen molar-refractivity contribution in [2.45, 2.75) is 32.7 Å². The summed E-state index contributed by atoms with van der Waals surface area (Å²) in [6, 6.07) is 10.4. The molecule has 1 aromatic carbocycles. The smallest absolute Gasteiger partial charge is 0.330 e. The molecule has 2 rings (SSSR count). The lowest BCUT2D eigenvalue weighted by molar-refractivity contribution is -0.428. The topological polar surface area (TPSA) is 55.6 Å². The average Bonchev–Trinajstić information content (AvgIpc) is 2.60. The van der Waals surface area contributed by atoms with Gasteiger partial charge in [0.1, 0.15) is 7.05 Å². The fraction of sp³-hybridized carbons (Fsp3) is 0.500. The van der Waals surface area contributed by atoms with E-state index >= 15 is 0 Å². The number of piperidine rings is 1. The van der Waals surface area contributed by atoms with Gasteiger partial charge in [0.2, 0.25) is 0 Å². The first-order valence-corrected chi connectivity index (χ1v) is 8.96. The van der Waals surface area contributed by atoms with E-state index in [0.29, 0.717) is 6.61 Å². The number of esters is 1. The fourth-order valence-corrected chi connectivity index (χ4v) is 3.31. The Kier molecular flexibility index (Phi) is 7.67. The van der Waals surface area contributed by atoms with Crippen molar-refractivity contribution in [1.82, 2.24) is 4.90 Å². The third-order valence-corrected chi connectivity index (χ3v) is 4.51. The minimum absolute atomic E-state index is 0.229. The predicted octanol–water partition coefficient (Wildman–Crippen LogP) is 2.99. The van der Waals surface area contributed by atoms with Crippen molar-refractivity contribution in [2.24, 2.45) is 5.92 Å². The van der Waals surface area contributed by atoms with Gasteiger partial charge in [0.25, 0.3) is 0 Å². The molecule has 0 saturated carbocycles. The van der Waals surface area contributed by atoms with Crippen LogP contribution in [0.4, 0.5) is 0 Å².